The molecule has 0 radical (unpaired) electrons. The van der Waals surface area contributed by atoms with Crippen LogP contribution in [0, 0.1) is 0 Å². The van der Waals surface area contributed by atoms with Crippen molar-refractivity contribution in [3.8, 4) is 22.8 Å². The van der Waals surface area contributed by atoms with Gasteiger partial charge in [-0.3, -0.25) is 0 Å². The van der Waals surface area contributed by atoms with E-state index in [2.05, 4.69) is 9.97 Å². The van der Waals surface area contributed by atoms with Gasteiger partial charge in [0.05, 0.1) is 17.8 Å². The van der Waals surface area contributed by atoms with Crippen LogP contribution in [0.5, 0.6) is 11.5 Å². The molecule has 122 valence electrons. The van der Waals surface area contributed by atoms with E-state index in [0.717, 1.165) is 33.7 Å². The van der Waals surface area contributed by atoms with Crippen LogP contribution in [-0.4, -0.2) is 9.97 Å². The second-order valence-electron chi connectivity index (χ2n) is 5.65. The van der Waals surface area contributed by atoms with Crippen LogP contribution in [-0.2, 0) is 6.54 Å². The fourth-order valence-corrected chi connectivity index (χ4v) is 2.74. The third-order valence-electron chi connectivity index (χ3n) is 3.94. The monoisotopic (exact) mass is 327 g/mol. The molecule has 25 heavy (non-hydrogen) atoms. The first kappa shape index (κ1) is 15.3. The molecule has 0 unspecified atom stereocenters. The van der Waals surface area contributed by atoms with E-state index in [1.54, 1.807) is 0 Å². The Bertz CT molecular complexity index is 998. The van der Waals surface area contributed by atoms with Gasteiger partial charge < -0.3 is 10.5 Å². The molecule has 0 aliphatic carbocycles. The van der Waals surface area contributed by atoms with Crippen molar-refractivity contribution in [1.29, 1.82) is 0 Å². The first-order valence-electron chi connectivity index (χ1n) is 8.12. The zero-order chi connectivity index (χ0) is 17.1. The highest BCUT2D eigenvalue weighted by molar-refractivity contribution is 5.92. The van der Waals surface area contributed by atoms with Gasteiger partial charge in [0.1, 0.15) is 17.3 Å². The fourth-order valence-electron chi connectivity index (χ4n) is 2.74. The molecule has 0 saturated heterocycles. The lowest BCUT2D eigenvalue weighted by atomic mass is 10.1. The molecule has 0 amide bonds. The van der Waals surface area contributed by atoms with Gasteiger partial charge in [-0.05, 0) is 42.5 Å². The van der Waals surface area contributed by atoms with E-state index in [4.69, 9.17) is 10.5 Å². The second-order valence-corrected chi connectivity index (χ2v) is 5.65. The van der Waals surface area contributed by atoms with Crippen molar-refractivity contribution in [1.82, 2.24) is 9.97 Å². The van der Waals surface area contributed by atoms with Crippen LogP contribution in [0.2, 0.25) is 0 Å². The summed E-state index contributed by atoms with van der Waals surface area (Å²) in [5, 5.41) is 1.01. The van der Waals surface area contributed by atoms with Crippen LogP contribution in [0.25, 0.3) is 22.2 Å². The minimum atomic E-state index is 0.313. The van der Waals surface area contributed by atoms with Crippen molar-refractivity contribution < 1.29 is 4.74 Å². The summed E-state index contributed by atoms with van der Waals surface area (Å²) in [7, 11) is 0. The van der Waals surface area contributed by atoms with Gasteiger partial charge in [-0.1, -0.05) is 36.4 Å². The molecule has 4 nitrogen and oxygen atoms in total. The SMILES string of the molecule is NCc1nc(-c2ccc(Oc3ccccc3)cc2)c2ccccc2n1. The molecule has 3 aromatic carbocycles. The van der Waals surface area contributed by atoms with Gasteiger partial charge in [-0.2, -0.15) is 0 Å². The average Bonchev–Trinajstić information content (AvgIpc) is 2.68. The quantitative estimate of drug-likeness (QED) is 0.597. The van der Waals surface area contributed by atoms with E-state index in [0.29, 0.717) is 12.4 Å². The summed E-state index contributed by atoms with van der Waals surface area (Å²) in [4.78, 5) is 9.12. The number of hydrogen-bond acceptors (Lipinski definition) is 4. The summed E-state index contributed by atoms with van der Waals surface area (Å²) in [6.07, 6.45) is 0. The number of ether oxygens (including phenoxy) is 1. The van der Waals surface area contributed by atoms with E-state index in [1.165, 1.54) is 0 Å². The van der Waals surface area contributed by atoms with E-state index < -0.39 is 0 Å². The molecule has 0 aliphatic rings. The molecule has 0 aliphatic heterocycles. The Morgan fingerprint density at radius 1 is 0.720 bits per heavy atom. The van der Waals surface area contributed by atoms with Crippen LogP contribution in [0.4, 0.5) is 0 Å². The van der Waals surface area contributed by atoms with Gasteiger partial charge >= 0.3 is 0 Å². The molecular weight excluding hydrogens is 310 g/mol. The summed E-state index contributed by atoms with van der Waals surface area (Å²) in [5.41, 5.74) is 8.55. The fraction of sp³-hybridized carbons (Fsp3) is 0.0476. The normalized spacial score (nSPS) is 10.8. The molecule has 0 saturated carbocycles. The first-order chi connectivity index (χ1) is 12.3. The molecule has 2 N–H and O–H groups in total. The molecule has 0 bridgehead atoms. The molecule has 0 fully saturated rings. The Morgan fingerprint density at radius 2 is 1.40 bits per heavy atom. The predicted octanol–water partition coefficient (Wildman–Crippen LogP) is 4.55. The Hall–Kier alpha value is -3.24. The van der Waals surface area contributed by atoms with Gasteiger partial charge in [0, 0.05) is 10.9 Å². The van der Waals surface area contributed by atoms with Crippen LogP contribution in [0.1, 0.15) is 5.82 Å². The molecule has 0 spiro atoms. The van der Waals surface area contributed by atoms with E-state index in [9.17, 15) is 0 Å². The van der Waals surface area contributed by atoms with E-state index in [-0.39, 0.29) is 0 Å². The maximum atomic E-state index is 5.85. The highest BCUT2D eigenvalue weighted by Crippen LogP contribution is 2.29. The summed E-state index contributed by atoms with van der Waals surface area (Å²) >= 11 is 0. The van der Waals surface area contributed by atoms with Crippen LogP contribution >= 0.6 is 0 Å². The maximum absolute atomic E-state index is 5.85. The molecule has 1 heterocycles. The number of hydrogen-bond donors (Lipinski definition) is 1. The zero-order valence-electron chi connectivity index (χ0n) is 13.6. The molecule has 4 heteroatoms. The van der Waals surface area contributed by atoms with Crippen molar-refractivity contribution in [2.75, 3.05) is 0 Å². The highest BCUT2D eigenvalue weighted by atomic mass is 16.5. The zero-order valence-corrected chi connectivity index (χ0v) is 13.6. The second kappa shape index (κ2) is 6.71. The Morgan fingerprint density at radius 3 is 2.16 bits per heavy atom. The van der Waals surface area contributed by atoms with Crippen molar-refractivity contribution in [3.63, 3.8) is 0 Å². The average molecular weight is 327 g/mol. The summed E-state index contributed by atoms with van der Waals surface area (Å²) in [6, 6.07) is 25.6. The molecule has 0 atom stereocenters. The van der Waals surface area contributed by atoms with Gasteiger partial charge in [0.25, 0.3) is 0 Å². The number of benzene rings is 3. The smallest absolute Gasteiger partial charge is 0.143 e. The van der Waals surface area contributed by atoms with Gasteiger partial charge in [-0.25, -0.2) is 9.97 Å². The topological polar surface area (TPSA) is 61.0 Å². The maximum Gasteiger partial charge on any atom is 0.143 e. The largest absolute Gasteiger partial charge is 0.457 e. The molecular formula is C21H17N3O. The summed E-state index contributed by atoms with van der Waals surface area (Å²) < 4.78 is 5.85. The minimum Gasteiger partial charge on any atom is -0.457 e. The van der Waals surface area contributed by atoms with E-state index in [1.807, 2.05) is 78.9 Å². The highest BCUT2D eigenvalue weighted by Gasteiger charge is 2.09. The van der Waals surface area contributed by atoms with Crippen LogP contribution < -0.4 is 10.5 Å². The van der Waals surface area contributed by atoms with Crippen molar-refractivity contribution in [2.45, 2.75) is 6.54 Å². The lowest BCUT2D eigenvalue weighted by Gasteiger charge is -2.09. The Balaban J connectivity index is 1.71. The molecule has 4 rings (SSSR count). The Kier molecular flexibility index (Phi) is 4.11. The standard InChI is InChI=1S/C21H17N3O/c22-14-20-23-19-9-5-4-8-18(19)21(24-20)15-10-12-17(13-11-15)25-16-6-2-1-3-7-16/h1-13H,14,22H2. The number of para-hydroxylation sites is 2. The molecule has 1 aromatic heterocycles. The third kappa shape index (κ3) is 3.20. The number of nitrogens with two attached hydrogens (primary N) is 1. The lowest BCUT2D eigenvalue weighted by molar-refractivity contribution is 0.483. The summed E-state index contributed by atoms with van der Waals surface area (Å²) in [6.45, 7) is 0.313. The lowest BCUT2D eigenvalue weighted by Crippen LogP contribution is -2.04. The van der Waals surface area contributed by atoms with Crippen molar-refractivity contribution in [2.24, 2.45) is 5.73 Å². The van der Waals surface area contributed by atoms with Crippen molar-refractivity contribution in [3.05, 3.63) is 84.7 Å². The van der Waals surface area contributed by atoms with Crippen molar-refractivity contribution >= 4 is 10.9 Å². The minimum absolute atomic E-state index is 0.313. The number of rotatable bonds is 4. The Labute approximate surface area is 145 Å². The summed E-state index contributed by atoms with van der Waals surface area (Å²) in [5.74, 6) is 2.24. The van der Waals surface area contributed by atoms with Crippen LogP contribution in [0.3, 0.4) is 0 Å². The predicted molar refractivity (Wildman–Crippen MR) is 99.4 cm³/mol. The van der Waals surface area contributed by atoms with E-state index >= 15 is 0 Å². The van der Waals surface area contributed by atoms with Gasteiger partial charge in [0.15, 0.2) is 0 Å². The van der Waals surface area contributed by atoms with Crippen LogP contribution in [0.15, 0.2) is 78.9 Å². The van der Waals surface area contributed by atoms with Gasteiger partial charge in [-0.15, -0.1) is 0 Å². The van der Waals surface area contributed by atoms with Gasteiger partial charge in [0.2, 0.25) is 0 Å². The first-order valence-corrected chi connectivity index (χ1v) is 8.12. The molecule has 4 aromatic rings. The number of fused-ring (bicyclic) bond motifs is 1. The number of nitrogens with zero attached hydrogens (tertiary/aromatic N) is 2. The number of aromatic nitrogens is 2. The third-order valence-corrected chi connectivity index (χ3v) is 3.94.